The molecule has 162 valence electrons. The van der Waals surface area contributed by atoms with Crippen molar-refractivity contribution in [3.63, 3.8) is 0 Å². The van der Waals surface area contributed by atoms with Crippen molar-refractivity contribution in [2.45, 2.75) is 13.8 Å². The number of fused-ring (bicyclic) bond motifs is 1. The van der Waals surface area contributed by atoms with Crippen LogP contribution in [-0.4, -0.2) is 32.3 Å². The third-order valence-corrected chi connectivity index (χ3v) is 6.58. The summed E-state index contributed by atoms with van der Waals surface area (Å²) in [6.45, 7) is 5.00. The third-order valence-electron chi connectivity index (χ3n) is 5.65. The molecule has 5 heteroatoms. The molecule has 4 nitrogen and oxygen atoms in total. The number of methoxy groups -OCH3 is 1. The van der Waals surface area contributed by atoms with E-state index in [0.717, 1.165) is 33.4 Å². The highest BCUT2D eigenvalue weighted by Gasteiger charge is 2.34. The first kappa shape index (κ1) is 21.9. The minimum absolute atomic E-state index is 0.201. The van der Waals surface area contributed by atoms with Gasteiger partial charge in [-0.05, 0) is 54.7 Å². The standard InChI is InChI=1S/C27H25NO3S/c1-5-28(3)20-12-10-18(24(16-20)31-4)11-13-21-15-19(14-17(2)32-21)25-26(29)22-8-6-7-9-23(22)27(25)30/h6-16H,5H2,1-4H3. The summed E-state index contributed by atoms with van der Waals surface area (Å²) >= 11 is 1.61. The summed E-state index contributed by atoms with van der Waals surface area (Å²) in [5, 5.41) is 0. The average molecular weight is 444 g/mol. The lowest BCUT2D eigenvalue weighted by atomic mass is 10.0. The third kappa shape index (κ3) is 4.08. The molecule has 0 atom stereocenters. The SMILES string of the molecule is CCN(C)c1ccc(C=CC2=CC(=C3C(=O)c4ccccc4C3=O)C=C(C)S2)c(OC)c1. The molecule has 0 spiro atoms. The second kappa shape index (κ2) is 9.05. The number of thioether (sulfide) groups is 1. The number of benzene rings is 2. The molecule has 0 bridgehead atoms. The van der Waals surface area contributed by atoms with Crippen LogP contribution in [-0.2, 0) is 0 Å². The molecular weight excluding hydrogens is 418 g/mol. The van der Waals surface area contributed by atoms with E-state index in [-0.39, 0.29) is 17.1 Å². The molecule has 0 fully saturated rings. The molecule has 0 saturated heterocycles. The maximum absolute atomic E-state index is 12.9. The second-order valence-electron chi connectivity index (χ2n) is 7.71. The molecule has 1 aliphatic carbocycles. The summed E-state index contributed by atoms with van der Waals surface area (Å²) in [4.78, 5) is 30.0. The van der Waals surface area contributed by atoms with Crippen molar-refractivity contribution < 1.29 is 14.3 Å². The van der Waals surface area contributed by atoms with Crippen LogP contribution >= 0.6 is 11.8 Å². The highest BCUT2D eigenvalue weighted by molar-refractivity contribution is 8.06. The number of hydrogen-bond acceptors (Lipinski definition) is 5. The van der Waals surface area contributed by atoms with Gasteiger partial charge in [-0.25, -0.2) is 0 Å². The summed E-state index contributed by atoms with van der Waals surface area (Å²) in [5.74, 6) is 0.393. The maximum atomic E-state index is 12.9. The van der Waals surface area contributed by atoms with E-state index < -0.39 is 0 Å². The van der Waals surface area contributed by atoms with E-state index >= 15 is 0 Å². The van der Waals surface area contributed by atoms with Gasteiger partial charge in [0, 0.05) is 46.9 Å². The molecule has 1 heterocycles. The predicted molar refractivity (Wildman–Crippen MR) is 133 cm³/mol. The van der Waals surface area contributed by atoms with E-state index in [1.807, 2.05) is 50.4 Å². The van der Waals surface area contributed by atoms with Crippen LogP contribution in [0.25, 0.3) is 6.08 Å². The fraction of sp³-hybridized carbons (Fsp3) is 0.185. The summed E-state index contributed by atoms with van der Waals surface area (Å²) in [6.07, 6.45) is 7.83. The number of ether oxygens (including phenoxy) is 1. The van der Waals surface area contributed by atoms with Gasteiger partial charge in [0.15, 0.2) is 11.6 Å². The van der Waals surface area contributed by atoms with Gasteiger partial charge in [0.2, 0.25) is 0 Å². The molecule has 0 unspecified atom stereocenters. The summed E-state index contributed by atoms with van der Waals surface area (Å²) in [5.41, 5.74) is 3.94. The lowest BCUT2D eigenvalue weighted by Crippen LogP contribution is -2.15. The highest BCUT2D eigenvalue weighted by atomic mass is 32.2. The zero-order valence-electron chi connectivity index (χ0n) is 18.6. The molecule has 1 aliphatic heterocycles. The molecule has 0 aromatic heterocycles. The van der Waals surface area contributed by atoms with E-state index in [0.29, 0.717) is 16.7 Å². The first-order valence-corrected chi connectivity index (χ1v) is 11.3. The number of rotatable bonds is 5. The number of anilines is 1. The largest absolute Gasteiger partial charge is 0.496 e. The molecule has 2 aromatic rings. The zero-order chi connectivity index (χ0) is 22.8. The van der Waals surface area contributed by atoms with E-state index in [1.54, 1.807) is 43.1 Å². The van der Waals surface area contributed by atoms with Crippen LogP contribution in [0.15, 0.2) is 81.6 Å². The fourth-order valence-electron chi connectivity index (χ4n) is 3.83. The molecule has 32 heavy (non-hydrogen) atoms. The molecule has 0 saturated carbocycles. The normalized spacial score (nSPS) is 15.8. The van der Waals surface area contributed by atoms with Crippen molar-refractivity contribution in [2.75, 3.05) is 25.6 Å². The fourth-order valence-corrected chi connectivity index (χ4v) is 4.71. The summed E-state index contributed by atoms with van der Waals surface area (Å²) < 4.78 is 5.59. The highest BCUT2D eigenvalue weighted by Crippen LogP contribution is 2.38. The number of carbonyl (C=O) groups is 2. The van der Waals surface area contributed by atoms with Crippen molar-refractivity contribution in [3.05, 3.63) is 98.3 Å². The van der Waals surface area contributed by atoms with Crippen LogP contribution in [0.2, 0.25) is 0 Å². The Labute approximate surface area is 193 Å². The molecule has 2 aliphatic rings. The first-order chi connectivity index (χ1) is 15.4. The predicted octanol–water partition coefficient (Wildman–Crippen LogP) is 6.07. The Morgan fingerprint density at radius 2 is 1.69 bits per heavy atom. The average Bonchev–Trinajstić information content (AvgIpc) is 3.06. The minimum atomic E-state index is -0.201. The second-order valence-corrected chi connectivity index (χ2v) is 9.03. The van der Waals surface area contributed by atoms with Crippen LogP contribution in [0.1, 0.15) is 40.1 Å². The topological polar surface area (TPSA) is 46.6 Å². The Bertz CT molecular complexity index is 1200. The van der Waals surface area contributed by atoms with Crippen LogP contribution in [0, 0.1) is 0 Å². The first-order valence-electron chi connectivity index (χ1n) is 10.5. The van der Waals surface area contributed by atoms with E-state index in [1.165, 1.54) is 0 Å². The Morgan fingerprint density at radius 1 is 1.00 bits per heavy atom. The molecule has 0 amide bonds. The van der Waals surface area contributed by atoms with Gasteiger partial charge in [-0.3, -0.25) is 9.59 Å². The molecule has 2 aromatic carbocycles. The monoisotopic (exact) mass is 443 g/mol. The Balaban J connectivity index is 1.68. The van der Waals surface area contributed by atoms with Gasteiger partial charge in [-0.1, -0.05) is 42.1 Å². The number of carbonyl (C=O) groups excluding carboxylic acids is 2. The van der Waals surface area contributed by atoms with Gasteiger partial charge in [-0.2, -0.15) is 0 Å². The van der Waals surface area contributed by atoms with Gasteiger partial charge in [0.1, 0.15) is 5.75 Å². The van der Waals surface area contributed by atoms with E-state index in [9.17, 15) is 9.59 Å². The van der Waals surface area contributed by atoms with E-state index in [4.69, 9.17) is 4.74 Å². The van der Waals surface area contributed by atoms with Gasteiger partial charge in [-0.15, -0.1) is 0 Å². The van der Waals surface area contributed by atoms with Crippen LogP contribution < -0.4 is 9.64 Å². The Kier molecular flexibility index (Phi) is 6.19. The lowest BCUT2D eigenvalue weighted by Gasteiger charge is -2.18. The molecular formula is C27H25NO3S. The van der Waals surface area contributed by atoms with Gasteiger partial charge >= 0.3 is 0 Å². The molecule has 0 radical (unpaired) electrons. The van der Waals surface area contributed by atoms with Gasteiger partial charge in [0.25, 0.3) is 0 Å². The maximum Gasteiger partial charge on any atom is 0.198 e. The molecule has 0 N–H and O–H groups in total. The van der Waals surface area contributed by atoms with Crippen LogP contribution in [0.3, 0.4) is 0 Å². The number of ketones is 2. The summed E-state index contributed by atoms with van der Waals surface area (Å²) in [7, 11) is 3.71. The van der Waals surface area contributed by atoms with Crippen molar-refractivity contribution in [1.29, 1.82) is 0 Å². The Morgan fingerprint density at radius 3 is 2.31 bits per heavy atom. The van der Waals surface area contributed by atoms with Crippen LogP contribution in [0.5, 0.6) is 5.75 Å². The Hall–Kier alpha value is -3.31. The van der Waals surface area contributed by atoms with E-state index in [2.05, 4.69) is 17.9 Å². The van der Waals surface area contributed by atoms with Crippen molar-refractivity contribution in [2.24, 2.45) is 0 Å². The number of nitrogens with zero attached hydrogens (tertiary/aromatic N) is 1. The zero-order valence-corrected chi connectivity index (χ0v) is 19.5. The van der Waals surface area contributed by atoms with Crippen molar-refractivity contribution in [3.8, 4) is 5.75 Å². The number of Topliss-reactive ketones (excluding diaryl/α,β-unsaturated/α-hetero) is 2. The van der Waals surface area contributed by atoms with Gasteiger partial charge < -0.3 is 9.64 Å². The summed E-state index contributed by atoms with van der Waals surface area (Å²) in [6, 6.07) is 13.1. The lowest BCUT2D eigenvalue weighted by molar-refractivity contribution is 0.0988. The minimum Gasteiger partial charge on any atom is -0.496 e. The van der Waals surface area contributed by atoms with Crippen molar-refractivity contribution >= 4 is 35.1 Å². The number of hydrogen-bond donors (Lipinski definition) is 0. The van der Waals surface area contributed by atoms with Crippen molar-refractivity contribution in [1.82, 2.24) is 0 Å². The van der Waals surface area contributed by atoms with Crippen LogP contribution in [0.4, 0.5) is 5.69 Å². The smallest absolute Gasteiger partial charge is 0.198 e. The van der Waals surface area contributed by atoms with Gasteiger partial charge in [0.05, 0.1) is 12.7 Å². The quantitative estimate of drug-likeness (QED) is 0.414. The number of allylic oxidation sites excluding steroid dienone is 6. The molecule has 4 rings (SSSR count).